The van der Waals surface area contributed by atoms with E-state index in [1.54, 1.807) is 4.68 Å². The van der Waals surface area contributed by atoms with Crippen molar-refractivity contribution in [1.82, 2.24) is 24.6 Å². The van der Waals surface area contributed by atoms with Crippen molar-refractivity contribution in [1.29, 1.82) is 0 Å². The zero-order valence-electron chi connectivity index (χ0n) is 14.4. The van der Waals surface area contributed by atoms with Gasteiger partial charge in [-0.15, -0.1) is 0 Å². The summed E-state index contributed by atoms with van der Waals surface area (Å²) in [6.45, 7) is 3.99. The monoisotopic (exact) mass is 343 g/mol. The highest BCUT2D eigenvalue weighted by Gasteiger charge is 2.33. The number of nitrogens with one attached hydrogen (secondary N) is 1. The van der Waals surface area contributed by atoms with Crippen LogP contribution in [0.3, 0.4) is 0 Å². The molecule has 2 atom stereocenters. The molecule has 0 spiro atoms. The van der Waals surface area contributed by atoms with E-state index in [0.717, 1.165) is 22.4 Å². The van der Waals surface area contributed by atoms with E-state index in [0.29, 0.717) is 26.2 Å². The standard InChI is InChI=1S/C18H22FN5O/c1-12-3-4-15-16(5-12)22-18(21-15)11-25-17-10-24(9-14(17)19)8-13-6-20-23(2)7-13/h3-7,14,17H,8-11H2,1-2H3,(H,21,22)/t14-,17+/m1/s1. The van der Waals surface area contributed by atoms with E-state index in [9.17, 15) is 4.39 Å². The number of ether oxygens (including phenoxy) is 1. The number of halogens is 1. The van der Waals surface area contributed by atoms with E-state index >= 15 is 0 Å². The molecule has 0 saturated carbocycles. The first kappa shape index (κ1) is 16.2. The molecule has 1 aromatic carbocycles. The Balaban J connectivity index is 1.35. The van der Waals surface area contributed by atoms with Gasteiger partial charge in [0, 0.05) is 38.4 Å². The van der Waals surface area contributed by atoms with Crippen LogP contribution in [0, 0.1) is 6.92 Å². The summed E-state index contributed by atoms with van der Waals surface area (Å²) >= 11 is 0. The molecule has 1 aliphatic heterocycles. The Labute approximate surface area is 145 Å². The second-order valence-corrected chi connectivity index (χ2v) is 6.79. The highest BCUT2D eigenvalue weighted by Crippen LogP contribution is 2.21. The maximum atomic E-state index is 14.3. The smallest absolute Gasteiger partial charge is 0.140 e. The van der Waals surface area contributed by atoms with Crippen LogP contribution in [0.2, 0.25) is 0 Å². The highest BCUT2D eigenvalue weighted by molar-refractivity contribution is 5.75. The van der Waals surface area contributed by atoms with E-state index < -0.39 is 12.3 Å². The average molecular weight is 343 g/mol. The highest BCUT2D eigenvalue weighted by atomic mass is 19.1. The topological polar surface area (TPSA) is 59.0 Å². The molecule has 0 unspecified atom stereocenters. The predicted octanol–water partition coefficient (Wildman–Crippen LogP) is 2.34. The number of hydrogen-bond donors (Lipinski definition) is 1. The SMILES string of the molecule is Cc1ccc2nc(CO[C@H]3CN(Cc4cnn(C)c4)C[C@H]3F)[nH]c2c1. The summed E-state index contributed by atoms with van der Waals surface area (Å²) in [6, 6.07) is 6.06. The van der Waals surface area contributed by atoms with Crippen LogP contribution in [0.25, 0.3) is 11.0 Å². The summed E-state index contributed by atoms with van der Waals surface area (Å²) in [4.78, 5) is 9.81. The lowest BCUT2D eigenvalue weighted by Crippen LogP contribution is -2.24. The zero-order valence-corrected chi connectivity index (χ0v) is 14.4. The molecule has 25 heavy (non-hydrogen) atoms. The number of alkyl halides is 1. The van der Waals surface area contributed by atoms with Gasteiger partial charge in [0.15, 0.2) is 0 Å². The number of nitrogens with zero attached hydrogens (tertiary/aromatic N) is 4. The number of aromatic amines is 1. The van der Waals surface area contributed by atoms with Gasteiger partial charge in [-0.25, -0.2) is 9.37 Å². The molecule has 7 heteroatoms. The van der Waals surface area contributed by atoms with Crippen molar-refractivity contribution in [3.05, 3.63) is 47.5 Å². The van der Waals surface area contributed by atoms with Gasteiger partial charge in [0.1, 0.15) is 24.7 Å². The van der Waals surface area contributed by atoms with Gasteiger partial charge in [0.2, 0.25) is 0 Å². The molecule has 1 N–H and O–H groups in total. The summed E-state index contributed by atoms with van der Waals surface area (Å²) in [5, 5.41) is 4.15. The molecule has 2 aromatic heterocycles. The Hall–Kier alpha value is -2.25. The Morgan fingerprint density at radius 3 is 3.04 bits per heavy atom. The maximum absolute atomic E-state index is 14.3. The summed E-state index contributed by atoms with van der Waals surface area (Å²) < 4.78 is 21.9. The molecule has 3 aromatic rings. The molecule has 0 bridgehead atoms. The quantitative estimate of drug-likeness (QED) is 0.773. The average Bonchev–Trinajstić information content (AvgIpc) is 3.24. The fourth-order valence-electron chi connectivity index (χ4n) is 3.34. The number of aromatic nitrogens is 4. The van der Waals surface area contributed by atoms with Crippen LogP contribution in [0.5, 0.6) is 0 Å². The van der Waals surface area contributed by atoms with Crippen LogP contribution in [-0.4, -0.2) is 50.0 Å². The van der Waals surface area contributed by atoms with Crippen molar-refractivity contribution in [3.8, 4) is 0 Å². The minimum atomic E-state index is -0.983. The van der Waals surface area contributed by atoms with Gasteiger partial charge in [0.05, 0.1) is 17.2 Å². The largest absolute Gasteiger partial charge is 0.366 e. The van der Waals surface area contributed by atoms with Crippen molar-refractivity contribution in [2.24, 2.45) is 7.05 Å². The maximum Gasteiger partial charge on any atom is 0.140 e. The summed E-state index contributed by atoms with van der Waals surface area (Å²) in [5.41, 5.74) is 4.16. The van der Waals surface area contributed by atoms with Crippen LogP contribution >= 0.6 is 0 Å². The minimum Gasteiger partial charge on any atom is -0.366 e. The van der Waals surface area contributed by atoms with Gasteiger partial charge in [-0.3, -0.25) is 9.58 Å². The lowest BCUT2D eigenvalue weighted by Gasteiger charge is -2.14. The van der Waals surface area contributed by atoms with Gasteiger partial charge in [-0.1, -0.05) is 6.07 Å². The molecular formula is C18H22FN5O. The molecule has 1 fully saturated rings. The van der Waals surface area contributed by atoms with Crippen molar-refractivity contribution >= 4 is 11.0 Å². The van der Waals surface area contributed by atoms with Gasteiger partial charge in [-0.2, -0.15) is 5.10 Å². The van der Waals surface area contributed by atoms with Crippen LogP contribution in [0.4, 0.5) is 4.39 Å². The van der Waals surface area contributed by atoms with Gasteiger partial charge < -0.3 is 9.72 Å². The molecule has 4 rings (SSSR count). The van der Waals surface area contributed by atoms with Crippen molar-refractivity contribution in [3.63, 3.8) is 0 Å². The van der Waals surface area contributed by atoms with E-state index in [2.05, 4.69) is 26.0 Å². The molecule has 3 heterocycles. The van der Waals surface area contributed by atoms with Crippen molar-refractivity contribution in [2.45, 2.75) is 32.4 Å². The van der Waals surface area contributed by atoms with Crippen LogP contribution in [0.15, 0.2) is 30.6 Å². The van der Waals surface area contributed by atoms with E-state index in [-0.39, 0.29) is 0 Å². The van der Waals surface area contributed by atoms with Crippen LogP contribution < -0.4 is 0 Å². The number of likely N-dealkylation sites (tertiary alicyclic amines) is 1. The number of aryl methyl sites for hydroxylation is 2. The number of benzene rings is 1. The third-order valence-corrected chi connectivity index (χ3v) is 4.56. The minimum absolute atomic E-state index is 0.291. The molecule has 0 amide bonds. The Morgan fingerprint density at radius 1 is 1.36 bits per heavy atom. The van der Waals surface area contributed by atoms with Gasteiger partial charge in [0.25, 0.3) is 0 Å². The normalized spacial score (nSPS) is 21.4. The Kier molecular flexibility index (Phi) is 4.27. The number of rotatable bonds is 5. The van der Waals surface area contributed by atoms with E-state index in [1.807, 2.05) is 38.5 Å². The lowest BCUT2D eigenvalue weighted by molar-refractivity contribution is 0.00863. The Morgan fingerprint density at radius 2 is 2.24 bits per heavy atom. The predicted molar refractivity (Wildman–Crippen MR) is 92.8 cm³/mol. The summed E-state index contributed by atoms with van der Waals surface area (Å²) in [7, 11) is 1.88. The molecule has 1 aliphatic rings. The molecule has 132 valence electrons. The first-order valence-corrected chi connectivity index (χ1v) is 8.47. The third-order valence-electron chi connectivity index (χ3n) is 4.56. The molecule has 6 nitrogen and oxygen atoms in total. The molecule has 0 radical (unpaired) electrons. The second-order valence-electron chi connectivity index (χ2n) is 6.79. The second kappa shape index (κ2) is 6.57. The lowest BCUT2D eigenvalue weighted by atomic mass is 10.2. The van der Waals surface area contributed by atoms with E-state index in [1.165, 1.54) is 5.56 Å². The first-order valence-electron chi connectivity index (χ1n) is 8.47. The number of H-pyrrole nitrogens is 1. The zero-order chi connectivity index (χ0) is 17.4. The molecule has 1 saturated heterocycles. The summed E-state index contributed by atoms with van der Waals surface area (Å²) in [5.74, 6) is 0.735. The number of imidazole rings is 1. The fourth-order valence-corrected chi connectivity index (χ4v) is 3.34. The number of fused-ring (bicyclic) bond motifs is 1. The van der Waals surface area contributed by atoms with Gasteiger partial charge in [-0.05, 0) is 24.6 Å². The van der Waals surface area contributed by atoms with Crippen LogP contribution in [0.1, 0.15) is 17.0 Å². The number of hydrogen-bond acceptors (Lipinski definition) is 4. The fraction of sp³-hybridized carbons (Fsp3) is 0.444. The van der Waals surface area contributed by atoms with Crippen molar-refractivity contribution in [2.75, 3.05) is 13.1 Å². The Bertz CT molecular complexity index is 873. The van der Waals surface area contributed by atoms with Crippen molar-refractivity contribution < 1.29 is 9.13 Å². The van der Waals surface area contributed by atoms with E-state index in [4.69, 9.17) is 4.74 Å². The molecule has 0 aliphatic carbocycles. The first-order chi connectivity index (χ1) is 12.1. The van der Waals surface area contributed by atoms with Gasteiger partial charge >= 0.3 is 0 Å². The molecular weight excluding hydrogens is 321 g/mol. The van der Waals surface area contributed by atoms with Crippen LogP contribution in [-0.2, 0) is 24.9 Å². The third kappa shape index (κ3) is 3.57. The summed E-state index contributed by atoms with van der Waals surface area (Å²) in [6.07, 6.45) is 2.37.